The van der Waals surface area contributed by atoms with Crippen molar-refractivity contribution in [1.82, 2.24) is 4.98 Å². The molecule has 1 amide bonds. The van der Waals surface area contributed by atoms with Gasteiger partial charge in [-0.15, -0.1) is 0 Å². The first-order valence-electron chi connectivity index (χ1n) is 6.01. The molecule has 6 heteroatoms. The fourth-order valence-corrected chi connectivity index (χ4v) is 2.95. The largest absolute Gasteiger partial charge is 0.519 e. The Morgan fingerprint density at radius 1 is 1.12 bits per heavy atom. The molecule has 0 bridgehead atoms. The first kappa shape index (κ1) is 16.4. The summed E-state index contributed by atoms with van der Waals surface area (Å²) in [6.45, 7) is 13.7. The fourth-order valence-electron chi connectivity index (χ4n) is 1.29. The van der Waals surface area contributed by atoms with E-state index in [4.69, 9.17) is 4.43 Å². The molecule has 0 aliphatic carbocycles. The summed E-state index contributed by atoms with van der Waals surface area (Å²) in [5, 5.41) is 0. The van der Waals surface area contributed by atoms with E-state index in [9.17, 15) is 9.59 Å². The maximum absolute atomic E-state index is 12.0. The van der Waals surface area contributed by atoms with E-state index < -0.39 is 22.5 Å². The number of hydrogen-bond donors (Lipinski definition) is 1. The maximum atomic E-state index is 12.0. The van der Waals surface area contributed by atoms with Gasteiger partial charge in [0, 0.05) is 0 Å². The lowest BCUT2D eigenvalue weighted by atomic mass is 10.1. The van der Waals surface area contributed by atoms with Crippen LogP contribution in [0.4, 0.5) is 0 Å². The fraction of sp³-hybridized carbons (Fsp3) is 0.818. The molecule has 0 saturated carbocycles. The summed E-state index contributed by atoms with van der Waals surface area (Å²) in [5.41, 5.74) is 0. The molecule has 4 nitrogen and oxygen atoms in total. The van der Waals surface area contributed by atoms with E-state index in [0.717, 1.165) is 0 Å². The van der Waals surface area contributed by atoms with E-state index in [1.54, 1.807) is 0 Å². The zero-order chi connectivity index (χ0) is 13.9. The summed E-state index contributed by atoms with van der Waals surface area (Å²) in [6.07, 6.45) is 0.486. The highest BCUT2D eigenvalue weighted by Crippen LogP contribution is 2.12. The lowest BCUT2D eigenvalue weighted by Gasteiger charge is -2.24. The maximum Gasteiger partial charge on any atom is 0.305 e. The van der Waals surface area contributed by atoms with E-state index in [0.29, 0.717) is 6.42 Å². The third-order valence-electron chi connectivity index (χ3n) is 1.91. The predicted octanol–water partition coefficient (Wildman–Crippen LogP) is 2.34. The molecular formula is C11H25NO3Si2. The summed E-state index contributed by atoms with van der Waals surface area (Å²) in [6, 6.07) is 0. The molecule has 0 aliphatic heterocycles. The number of carbonyl (C=O) groups is 2. The van der Waals surface area contributed by atoms with Crippen LogP contribution in [0.15, 0.2) is 0 Å². The van der Waals surface area contributed by atoms with Crippen LogP contribution in [-0.4, -0.2) is 28.4 Å². The van der Waals surface area contributed by atoms with Crippen molar-refractivity contribution in [2.24, 2.45) is 5.92 Å². The van der Waals surface area contributed by atoms with E-state index in [-0.39, 0.29) is 11.9 Å². The van der Waals surface area contributed by atoms with Crippen molar-refractivity contribution in [2.75, 3.05) is 0 Å². The molecule has 0 radical (unpaired) electrons. The van der Waals surface area contributed by atoms with Gasteiger partial charge in [0.05, 0.1) is 0 Å². The van der Waals surface area contributed by atoms with Crippen LogP contribution in [0.25, 0.3) is 0 Å². The minimum atomic E-state index is -1.92. The standard InChI is InChI=1S/C11H25NO3Si2/c1-8-9(10(13)12-16(2,3)4)11(14)15-17(5,6)7/h9H,8H2,1-7H3,(H,12,13). The van der Waals surface area contributed by atoms with Gasteiger partial charge in [-0.1, -0.05) is 26.6 Å². The number of nitrogens with one attached hydrogen (secondary N) is 1. The van der Waals surface area contributed by atoms with Crippen LogP contribution >= 0.6 is 0 Å². The molecule has 0 spiro atoms. The SMILES string of the molecule is CCC(C(=O)N[Si](C)(C)C)C(=O)O[Si](C)(C)C. The van der Waals surface area contributed by atoms with E-state index in [1.807, 2.05) is 46.2 Å². The Bertz CT molecular complexity index is 264. The van der Waals surface area contributed by atoms with Gasteiger partial charge in [0.2, 0.25) is 14.2 Å². The normalized spacial score (nSPS) is 14.1. The second kappa shape index (κ2) is 5.81. The second-order valence-electron chi connectivity index (χ2n) is 6.23. The van der Waals surface area contributed by atoms with Crippen molar-refractivity contribution in [3.05, 3.63) is 0 Å². The van der Waals surface area contributed by atoms with Gasteiger partial charge >= 0.3 is 5.97 Å². The molecule has 0 rings (SSSR count). The van der Waals surface area contributed by atoms with Crippen LogP contribution in [0, 0.1) is 5.92 Å². The highest BCUT2D eigenvalue weighted by Gasteiger charge is 2.32. The molecule has 17 heavy (non-hydrogen) atoms. The van der Waals surface area contributed by atoms with Crippen molar-refractivity contribution >= 4 is 28.4 Å². The zero-order valence-electron chi connectivity index (χ0n) is 12.0. The quantitative estimate of drug-likeness (QED) is 0.619. The lowest BCUT2D eigenvalue weighted by Crippen LogP contribution is -2.50. The molecule has 1 unspecified atom stereocenters. The Morgan fingerprint density at radius 3 is 1.88 bits per heavy atom. The summed E-state index contributed by atoms with van der Waals surface area (Å²) in [4.78, 5) is 26.8. The lowest BCUT2D eigenvalue weighted by molar-refractivity contribution is -0.144. The highest BCUT2D eigenvalue weighted by atomic mass is 28.4. The number of hydrogen-bond acceptors (Lipinski definition) is 3. The van der Waals surface area contributed by atoms with Gasteiger partial charge < -0.3 is 9.41 Å². The predicted molar refractivity (Wildman–Crippen MR) is 74.7 cm³/mol. The molecule has 0 aromatic heterocycles. The molecule has 100 valence electrons. The van der Waals surface area contributed by atoms with Crippen molar-refractivity contribution in [1.29, 1.82) is 0 Å². The second-order valence-corrected chi connectivity index (χ2v) is 15.4. The Balaban J connectivity index is 4.62. The van der Waals surface area contributed by atoms with Crippen LogP contribution in [-0.2, 0) is 14.0 Å². The Morgan fingerprint density at radius 2 is 1.59 bits per heavy atom. The summed E-state index contributed by atoms with van der Waals surface area (Å²) in [5.74, 6) is -1.22. The molecular weight excluding hydrogens is 250 g/mol. The molecule has 0 aliphatic rings. The van der Waals surface area contributed by atoms with Crippen LogP contribution in [0.1, 0.15) is 13.3 Å². The average Bonchev–Trinajstić information content (AvgIpc) is 1.96. The molecule has 0 fully saturated rings. The van der Waals surface area contributed by atoms with Crippen LogP contribution in [0.2, 0.25) is 39.3 Å². The van der Waals surface area contributed by atoms with Crippen molar-refractivity contribution < 1.29 is 14.0 Å². The summed E-state index contributed by atoms with van der Waals surface area (Å²) in [7, 11) is -3.62. The average molecular weight is 275 g/mol. The monoisotopic (exact) mass is 275 g/mol. The summed E-state index contributed by atoms with van der Waals surface area (Å²) >= 11 is 0. The van der Waals surface area contributed by atoms with E-state index >= 15 is 0 Å². The molecule has 0 saturated heterocycles. The Hall–Kier alpha value is -0.626. The van der Waals surface area contributed by atoms with Crippen LogP contribution < -0.4 is 4.98 Å². The van der Waals surface area contributed by atoms with E-state index in [2.05, 4.69) is 4.98 Å². The number of amides is 1. The van der Waals surface area contributed by atoms with Gasteiger partial charge in [0.15, 0.2) is 0 Å². The van der Waals surface area contributed by atoms with Gasteiger partial charge in [0.25, 0.3) is 0 Å². The molecule has 0 aromatic carbocycles. The minimum Gasteiger partial charge on any atom is -0.519 e. The number of rotatable bonds is 5. The highest BCUT2D eigenvalue weighted by molar-refractivity contribution is 6.76. The van der Waals surface area contributed by atoms with Gasteiger partial charge in [-0.3, -0.25) is 9.59 Å². The van der Waals surface area contributed by atoms with Crippen molar-refractivity contribution in [3.8, 4) is 0 Å². The molecule has 0 aromatic rings. The van der Waals surface area contributed by atoms with Crippen molar-refractivity contribution in [2.45, 2.75) is 52.6 Å². The minimum absolute atomic E-state index is 0.185. The van der Waals surface area contributed by atoms with Crippen LogP contribution in [0.5, 0.6) is 0 Å². The topological polar surface area (TPSA) is 55.4 Å². The van der Waals surface area contributed by atoms with Crippen LogP contribution in [0.3, 0.4) is 0 Å². The van der Waals surface area contributed by atoms with Crippen molar-refractivity contribution in [3.63, 3.8) is 0 Å². The molecule has 1 atom stereocenters. The molecule has 1 N–H and O–H groups in total. The first-order valence-corrected chi connectivity index (χ1v) is 12.9. The smallest absolute Gasteiger partial charge is 0.305 e. The van der Waals surface area contributed by atoms with Gasteiger partial charge in [-0.2, -0.15) is 0 Å². The van der Waals surface area contributed by atoms with Gasteiger partial charge in [-0.05, 0) is 26.1 Å². The molecule has 0 heterocycles. The summed E-state index contributed by atoms with van der Waals surface area (Å²) < 4.78 is 5.38. The zero-order valence-corrected chi connectivity index (χ0v) is 14.0. The number of carbonyl (C=O) groups excluding carboxylic acids is 2. The third kappa shape index (κ3) is 7.33. The first-order chi connectivity index (χ1) is 7.46. The van der Waals surface area contributed by atoms with Gasteiger partial charge in [-0.25, -0.2) is 0 Å². The van der Waals surface area contributed by atoms with E-state index in [1.165, 1.54) is 0 Å². The Kier molecular flexibility index (Phi) is 5.60. The third-order valence-corrected chi connectivity index (χ3v) is 3.72. The Labute approximate surface area is 106 Å². The van der Waals surface area contributed by atoms with Gasteiger partial charge in [0.1, 0.15) is 14.2 Å².